The number of carbonyl (C=O) groups excluding carboxylic acids is 2. The summed E-state index contributed by atoms with van der Waals surface area (Å²) in [5.74, 6) is -0.168. The number of hydrogen-bond acceptors (Lipinski definition) is 2. The van der Waals surface area contributed by atoms with Crippen molar-refractivity contribution in [3.63, 3.8) is 0 Å². The van der Waals surface area contributed by atoms with Crippen molar-refractivity contribution in [2.45, 2.75) is 71.8 Å². The highest BCUT2D eigenvalue weighted by Crippen LogP contribution is 2.38. The first-order chi connectivity index (χ1) is 11.6. The van der Waals surface area contributed by atoms with Crippen LogP contribution >= 0.6 is 0 Å². The SMILES string of the molecule is CCCCCCCCCN1C(=O)C(NC(C)=O)c2cccc(C)c21. The van der Waals surface area contributed by atoms with E-state index in [4.69, 9.17) is 0 Å². The van der Waals surface area contributed by atoms with E-state index < -0.39 is 6.04 Å². The van der Waals surface area contributed by atoms with Crippen LogP contribution in [0.4, 0.5) is 5.69 Å². The molecule has 0 bridgehead atoms. The number of nitrogens with one attached hydrogen (secondary N) is 1. The molecule has 4 nitrogen and oxygen atoms in total. The van der Waals surface area contributed by atoms with Gasteiger partial charge in [-0.25, -0.2) is 0 Å². The van der Waals surface area contributed by atoms with E-state index in [2.05, 4.69) is 12.2 Å². The predicted octanol–water partition coefficient (Wildman–Crippen LogP) is 4.27. The molecule has 1 aliphatic heterocycles. The number of fused-ring (bicyclic) bond motifs is 1. The lowest BCUT2D eigenvalue weighted by molar-refractivity contribution is -0.126. The normalized spacial score (nSPS) is 16.4. The summed E-state index contributed by atoms with van der Waals surface area (Å²) in [4.78, 5) is 26.1. The van der Waals surface area contributed by atoms with E-state index >= 15 is 0 Å². The van der Waals surface area contributed by atoms with Gasteiger partial charge in [-0.1, -0.05) is 63.6 Å². The number of rotatable bonds is 9. The van der Waals surface area contributed by atoms with Gasteiger partial charge in [0.2, 0.25) is 5.91 Å². The molecule has 2 amide bonds. The van der Waals surface area contributed by atoms with Crippen molar-refractivity contribution in [3.8, 4) is 0 Å². The van der Waals surface area contributed by atoms with Crippen molar-refractivity contribution in [3.05, 3.63) is 29.3 Å². The molecule has 1 heterocycles. The lowest BCUT2D eigenvalue weighted by Crippen LogP contribution is -2.37. The van der Waals surface area contributed by atoms with Gasteiger partial charge in [0, 0.05) is 19.0 Å². The quantitative estimate of drug-likeness (QED) is 0.687. The number of amides is 2. The van der Waals surface area contributed by atoms with Crippen LogP contribution < -0.4 is 10.2 Å². The van der Waals surface area contributed by atoms with Crippen molar-refractivity contribution in [2.75, 3.05) is 11.4 Å². The Bertz CT molecular complexity index is 583. The third-order valence-electron chi connectivity index (χ3n) is 4.70. The smallest absolute Gasteiger partial charge is 0.254 e. The number of benzene rings is 1. The number of anilines is 1. The van der Waals surface area contributed by atoms with Crippen LogP contribution in [0.3, 0.4) is 0 Å². The first-order valence-corrected chi connectivity index (χ1v) is 9.24. The molecule has 0 saturated carbocycles. The maximum Gasteiger partial charge on any atom is 0.254 e. The zero-order valence-corrected chi connectivity index (χ0v) is 15.2. The number of hydrogen-bond donors (Lipinski definition) is 1. The Hall–Kier alpha value is -1.84. The van der Waals surface area contributed by atoms with Gasteiger partial charge >= 0.3 is 0 Å². The first kappa shape index (κ1) is 18.5. The van der Waals surface area contributed by atoms with Crippen LogP contribution in [0.1, 0.15) is 76.0 Å². The molecule has 0 aromatic heterocycles. The maximum absolute atomic E-state index is 12.8. The molecule has 1 atom stereocenters. The minimum atomic E-state index is -0.526. The standard InChI is InChI=1S/C20H30N2O2/c1-4-5-6-7-8-9-10-14-22-19-15(2)12-11-13-17(19)18(20(22)24)21-16(3)23/h11-13,18H,4-10,14H2,1-3H3,(H,21,23). The van der Waals surface area contributed by atoms with Crippen LogP contribution in [0, 0.1) is 6.92 Å². The minimum absolute atomic E-state index is 0.000447. The molecule has 1 aliphatic rings. The summed E-state index contributed by atoms with van der Waals surface area (Å²) in [6.45, 7) is 6.45. The molecule has 24 heavy (non-hydrogen) atoms. The van der Waals surface area contributed by atoms with Crippen molar-refractivity contribution in [1.82, 2.24) is 5.32 Å². The van der Waals surface area contributed by atoms with Gasteiger partial charge in [-0.15, -0.1) is 0 Å². The summed E-state index contributed by atoms with van der Waals surface area (Å²) in [6.07, 6.45) is 8.58. The molecule has 132 valence electrons. The summed E-state index contributed by atoms with van der Waals surface area (Å²) < 4.78 is 0. The van der Waals surface area contributed by atoms with Crippen molar-refractivity contribution >= 4 is 17.5 Å². The summed E-state index contributed by atoms with van der Waals surface area (Å²) in [5, 5.41) is 2.80. The van der Waals surface area contributed by atoms with Gasteiger partial charge in [0.25, 0.3) is 5.91 Å². The fourth-order valence-electron chi connectivity index (χ4n) is 3.47. The van der Waals surface area contributed by atoms with Crippen molar-refractivity contribution < 1.29 is 9.59 Å². The van der Waals surface area contributed by atoms with E-state index in [0.29, 0.717) is 0 Å². The summed E-state index contributed by atoms with van der Waals surface area (Å²) in [7, 11) is 0. The second-order valence-corrected chi connectivity index (χ2v) is 6.76. The zero-order valence-electron chi connectivity index (χ0n) is 15.2. The van der Waals surface area contributed by atoms with Gasteiger partial charge in [0.05, 0.1) is 5.69 Å². The number of para-hydroxylation sites is 1. The molecule has 0 radical (unpaired) electrons. The van der Waals surface area contributed by atoms with Gasteiger partial charge in [0.15, 0.2) is 0 Å². The van der Waals surface area contributed by atoms with E-state index in [1.165, 1.54) is 39.0 Å². The van der Waals surface area contributed by atoms with E-state index in [0.717, 1.165) is 36.2 Å². The van der Waals surface area contributed by atoms with Gasteiger partial charge < -0.3 is 10.2 Å². The fraction of sp³-hybridized carbons (Fsp3) is 0.600. The van der Waals surface area contributed by atoms with E-state index in [9.17, 15) is 9.59 Å². The summed E-state index contributed by atoms with van der Waals surface area (Å²) in [6, 6.07) is 5.40. The second-order valence-electron chi connectivity index (χ2n) is 6.76. The molecular weight excluding hydrogens is 300 g/mol. The molecule has 1 aromatic carbocycles. The highest BCUT2D eigenvalue weighted by molar-refractivity contribution is 6.06. The molecule has 1 N–H and O–H groups in total. The Morgan fingerprint density at radius 1 is 1.12 bits per heavy atom. The van der Waals surface area contributed by atoms with E-state index in [-0.39, 0.29) is 11.8 Å². The van der Waals surface area contributed by atoms with Crippen LogP contribution in [0.25, 0.3) is 0 Å². The molecule has 0 fully saturated rings. The number of carbonyl (C=O) groups is 2. The highest BCUT2D eigenvalue weighted by Gasteiger charge is 2.38. The van der Waals surface area contributed by atoms with Gasteiger partial charge in [-0.3, -0.25) is 9.59 Å². The van der Waals surface area contributed by atoms with Crippen LogP contribution in [-0.2, 0) is 9.59 Å². The Morgan fingerprint density at radius 2 is 1.79 bits per heavy atom. The van der Waals surface area contributed by atoms with Gasteiger partial charge in [0.1, 0.15) is 6.04 Å². The number of unbranched alkanes of at least 4 members (excludes halogenated alkanes) is 6. The van der Waals surface area contributed by atoms with Crippen LogP contribution in [0.15, 0.2) is 18.2 Å². The molecule has 2 rings (SSSR count). The fourth-order valence-corrected chi connectivity index (χ4v) is 3.47. The van der Waals surface area contributed by atoms with E-state index in [1.807, 2.05) is 30.0 Å². The molecule has 1 aromatic rings. The monoisotopic (exact) mass is 330 g/mol. The topological polar surface area (TPSA) is 49.4 Å². The Labute approximate surface area is 145 Å². The molecule has 4 heteroatoms. The molecule has 1 unspecified atom stereocenters. The van der Waals surface area contributed by atoms with Crippen LogP contribution in [0.5, 0.6) is 0 Å². The van der Waals surface area contributed by atoms with Gasteiger partial charge in [-0.2, -0.15) is 0 Å². The molecular formula is C20H30N2O2. The average molecular weight is 330 g/mol. The highest BCUT2D eigenvalue weighted by atomic mass is 16.2. The van der Waals surface area contributed by atoms with E-state index in [1.54, 1.807) is 0 Å². The lowest BCUT2D eigenvalue weighted by Gasteiger charge is -2.19. The minimum Gasteiger partial charge on any atom is -0.341 e. The summed E-state index contributed by atoms with van der Waals surface area (Å²) >= 11 is 0. The predicted molar refractivity (Wildman–Crippen MR) is 98.1 cm³/mol. The third kappa shape index (κ3) is 4.37. The average Bonchev–Trinajstić information content (AvgIpc) is 2.80. The molecule has 0 aliphatic carbocycles. The Balaban J connectivity index is 1.97. The van der Waals surface area contributed by atoms with Gasteiger partial charge in [-0.05, 0) is 18.9 Å². The number of nitrogens with zero attached hydrogens (tertiary/aromatic N) is 1. The summed E-state index contributed by atoms with van der Waals surface area (Å²) in [5.41, 5.74) is 3.02. The maximum atomic E-state index is 12.8. The van der Waals surface area contributed by atoms with Crippen molar-refractivity contribution in [1.29, 1.82) is 0 Å². The molecule has 0 saturated heterocycles. The zero-order chi connectivity index (χ0) is 17.5. The lowest BCUT2D eigenvalue weighted by atomic mass is 10.0. The van der Waals surface area contributed by atoms with Crippen LogP contribution in [-0.4, -0.2) is 18.4 Å². The first-order valence-electron chi connectivity index (χ1n) is 9.24. The Kier molecular flexibility index (Phi) is 6.83. The third-order valence-corrected chi connectivity index (χ3v) is 4.70. The number of aryl methyl sites for hydroxylation is 1. The largest absolute Gasteiger partial charge is 0.341 e. The Morgan fingerprint density at radius 3 is 2.46 bits per heavy atom. The van der Waals surface area contributed by atoms with Crippen molar-refractivity contribution in [2.24, 2.45) is 0 Å². The molecule has 0 spiro atoms. The van der Waals surface area contributed by atoms with Crippen LogP contribution in [0.2, 0.25) is 0 Å². The second kappa shape index (κ2) is 8.86.